The fraction of sp³-hybridized carbons (Fsp3) is 0.500. The lowest BCUT2D eigenvalue weighted by atomic mass is 10.1. The predicted molar refractivity (Wildman–Crippen MR) is 55.8 cm³/mol. The van der Waals surface area contributed by atoms with Crippen LogP contribution < -0.4 is 5.32 Å². The predicted octanol–water partition coefficient (Wildman–Crippen LogP) is 2.54. The van der Waals surface area contributed by atoms with Crippen LogP contribution >= 0.6 is 11.3 Å². The molecular weight excluding hydrogens is 180 g/mol. The number of thiophene rings is 1. The molecule has 1 aromatic rings. The van der Waals surface area contributed by atoms with Crippen LogP contribution in [0.3, 0.4) is 0 Å². The van der Waals surface area contributed by atoms with E-state index in [0.29, 0.717) is 0 Å². The summed E-state index contributed by atoms with van der Waals surface area (Å²) in [6.45, 7) is 6.97. The average Bonchev–Trinajstić information content (AvgIpc) is 2.41. The summed E-state index contributed by atoms with van der Waals surface area (Å²) in [5.41, 5.74) is 1.13. The molecule has 1 heterocycles. The Labute approximate surface area is 83.2 Å². The van der Waals surface area contributed by atoms with Crippen LogP contribution in [0.5, 0.6) is 0 Å². The molecule has 0 aliphatic rings. The van der Waals surface area contributed by atoms with E-state index in [4.69, 9.17) is 5.26 Å². The number of hydrogen-bond donors (Lipinski definition) is 1. The van der Waals surface area contributed by atoms with Crippen molar-refractivity contribution in [3.05, 3.63) is 21.4 Å². The van der Waals surface area contributed by atoms with E-state index in [1.807, 2.05) is 6.92 Å². The van der Waals surface area contributed by atoms with Crippen LogP contribution in [0.2, 0.25) is 0 Å². The number of nitrogens with zero attached hydrogens (tertiary/aromatic N) is 1. The van der Waals surface area contributed by atoms with Crippen LogP contribution in [-0.4, -0.2) is 6.54 Å². The minimum absolute atomic E-state index is 0.144. The van der Waals surface area contributed by atoms with E-state index in [2.05, 4.69) is 31.3 Å². The van der Waals surface area contributed by atoms with E-state index in [0.717, 1.165) is 12.1 Å². The molecule has 0 amide bonds. The van der Waals surface area contributed by atoms with Crippen molar-refractivity contribution in [2.75, 3.05) is 6.54 Å². The van der Waals surface area contributed by atoms with Gasteiger partial charge in [0.25, 0.3) is 0 Å². The molecule has 0 saturated heterocycles. The first-order valence-electron chi connectivity index (χ1n) is 4.39. The highest BCUT2D eigenvalue weighted by Crippen LogP contribution is 2.25. The summed E-state index contributed by atoms with van der Waals surface area (Å²) in [5, 5.41) is 12.1. The van der Waals surface area contributed by atoms with Crippen LogP contribution in [0.1, 0.15) is 28.3 Å². The second kappa shape index (κ2) is 4.40. The van der Waals surface area contributed by atoms with Gasteiger partial charge in [0, 0.05) is 9.75 Å². The van der Waals surface area contributed by atoms with E-state index >= 15 is 0 Å². The zero-order valence-corrected chi connectivity index (χ0v) is 9.03. The second-order valence-electron chi connectivity index (χ2n) is 2.99. The van der Waals surface area contributed by atoms with Gasteiger partial charge in [-0.3, -0.25) is 5.32 Å². The molecule has 0 fully saturated rings. The van der Waals surface area contributed by atoms with Gasteiger partial charge >= 0.3 is 0 Å². The summed E-state index contributed by atoms with van der Waals surface area (Å²) in [6.07, 6.45) is 0. The minimum Gasteiger partial charge on any atom is -0.298 e. The molecule has 1 aromatic heterocycles. The zero-order valence-electron chi connectivity index (χ0n) is 8.22. The third-order valence-corrected chi connectivity index (χ3v) is 2.91. The van der Waals surface area contributed by atoms with Gasteiger partial charge in [0.15, 0.2) is 0 Å². The van der Waals surface area contributed by atoms with Crippen molar-refractivity contribution in [3.8, 4) is 6.07 Å². The quantitative estimate of drug-likeness (QED) is 0.802. The normalized spacial score (nSPS) is 12.5. The molecule has 0 bridgehead atoms. The molecule has 1 N–H and O–H groups in total. The first kappa shape index (κ1) is 10.2. The summed E-state index contributed by atoms with van der Waals surface area (Å²) < 4.78 is 0. The molecule has 0 aromatic carbocycles. The Kier molecular flexibility index (Phi) is 3.47. The van der Waals surface area contributed by atoms with Gasteiger partial charge in [-0.1, -0.05) is 6.92 Å². The van der Waals surface area contributed by atoms with Crippen LogP contribution in [0.4, 0.5) is 0 Å². The lowest BCUT2D eigenvalue weighted by Gasteiger charge is -2.08. The summed E-state index contributed by atoms with van der Waals surface area (Å²) >= 11 is 1.75. The van der Waals surface area contributed by atoms with Crippen LogP contribution in [0.25, 0.3) is 0 Å². The van der Waals surface area contributed by atoms with E-state index in [1.54, 1.807) is 11.3 Å². The number of hydrogen-bond acceptors (Lipinski definition) is 3. The van der Waals surface area contributed by atoms with Crippen molar-refractivity contribution >= 4 is 11.3 Å². The molecule has 13 heavy (non-hydrogen) atoms. The highest BCUT2D eigenvalue weighted by molar-refractivity contribution is 7.12. The van der Waals surface area contributed by atoms with Gasteiger partial charge < -0.3 is 0 Å². The topological polar surface area (TPSA) is 35.8 Å². The standard InChI is InChI=1S/C10H14N2S/c1-4-12-10(6-11)9-5-7(2)13-8(9)3/h5,10,12H,4H2,1-3H3. The van der Waals surface area contributed by atoms with Crippen molar-refractivity contribution in [2.24, 2.45) is 0 Å². The Bertz CT molecular complexity index is 322. The van der Waals surface area contributed by atoms with Crippen LogP contribution in [-0.2, 0) is 0 Å². The SMILES string of the molecule is CCNC(C#N)c1cc(C)sc1C. The average molecular weight is 194 g/mol. The largest absolute Gasteiger partial charge is 0.298 e. The molecule has 1 atom stereocenters. The van der Waals surface area contributed by atoms with Crippen molar-refractivity contribution in [1.29, 1.82) is 5.26 Å². The molecule has 2 nitrogen and oxygen atoms in total. The Morgan fingerprint density at radius 2 is 2.31 bits per heavy atom. The Morgan fingerprint density at radius 3 is 2.69 bits per heavy atom. The molecule has 0 spiro atoms. The third-order valence-electron chi connectivity index (χ3n) is 1.93. The van der Waals surface area contributed by atoms with Gasteiger partial charge in [0.1, 0.15) is 6.04 Å². The van der Waals surface area contributed by atoms with Crippen LogP contribution in [0.15, 0.2) is 6.07 Å². The number of nitrogens with one attached hydrogen (secondary N) is 1. The van der Waals surface area contributed by atoms with E-state index in [9.17, 15) is 0 Å². The zero-order chi connectivity index (χ0) is 9.84. The van der Waals surface area contributed by atoms with Crippen molar-refractivity contribution in [2.45, 2.75) is 26.8 Å². The van der Waals surface area contributed by atoms with Crippen LogP contribution in [0, 0.1) is 25.2 Å². The smallest absolute Gasteiger partial charge is 0.122 e. The first-order chi connectivity index (χ1) is 6.19. The monoisotopic (exact) mass is 194 g/mol. The van der Waals surface area contributed by atoms with Crippen molar-refractivity contribution < 1.29 is 0 Å². The van der Waals surface area contributed by atoms with Gasteiger partial charge in [0.05, 0.1) is 6.07 Å². The molecule has 0 aliphatic heterocycles. The fourth-order valence-electron chi connectivity index (χ4n) is 1.37. The van der Waals surface area contributed by atoms with E-state index < -0.39 is 0 Å². The maximum absolute atomic E-state index is 8.94. The Balaban J connectivity index is 2.92. The lowest BCUT2D eigenvalue weighted by molar-refractivity contribution is 0.657. The van der Waals surface area contributed by atoms with Gasteiger partial charge in [-0.05, 0) is 32.0 Å². The highest BCUT2D eigenvalue weighted by atomic mass is 32.1. The third kappa shape index (κ3) is 2.30. The number of nitriles is 1. The molecule has 1 rings (SSSR count). The lowest BCUT2D eigenvalue weighted by Crippen LogP contribution is -2.19. The number of rotatable bonds is 3. The summed E-state index contributed by atoms with van der Waals surface area (Å²) in [7, 11) is 0. The highest BCUT2D eigenvalue weighted by Gasteiger charge is 2.13. The Hall–Kier alpha value is -0.850. The van der Waals surface area contributed by atoms with E-state index in [-0.39, 0.29) is 6.04 Å². The minimum atomic E-state index is -0.144. The van der Waals surface area contributed by atoms with Gasteiger partial charge in [-0.15, -0.1) is 11.3 Å². The molecule has 0 aliphatic carbocycles. The van der Waals surface area contributed by atoms with Gasteiger partial charge in [-0.2, -0.15) is 5.26 Å². The molecule has 0 radical (unpaired) electrons. The molecule has 3 heteroatoms. The summed E-state index contributed by atoms with van der Waals surface area (Å²) in [6, 6.07) is 4.22. The molecule has 0 saturated carbocycles. The van der Waals surface area contributed by atoms with Gasteiger partial charge in [0.2, 0.25) is 0 Å². The summed E-state index contributed by atoms with van der Waals surface area (Å²) in [4.78, 5) is 2.51. The van der Waals surface area contributed by atoms with Gasteiger partial charge in [-0.25, -0.2) is 0 Å². The molecular formula is C10H14N2S. The first-order valence-corrected chi connectivity index (χ1v) is 5.20. The van der Waals surface area contributed by atoms with Crippen molar-refractivity contribution in [3.63, 3.8) is 0 Å². The molecule has 1 unspecified atom stereocenters. The van der Waals surface area contributed by atoms with Crippen molar-refractivity contribution in [1.82, 2.24) is 5.32 Å². The maximum atomic E-state index is 8.94. The number of aryl methyl sites for hydroxylation is 2. The van der Waals surface area contributed by atoms with E-state index in [1.165, 1.54) is 9.75 Å². The Morgan fingerprint density at radius 1 is 1.62 bits per heavy atom. The maximum Gasteiger partial charge on any atom is 0.122 e. The fourth-order valence-corrected chi connectivity index (χ4v) is 2.33. The second-order valence-corrected chi connectivity index (χ2v) is 4.45. The summed E-state index contributed by atoms with van der Waals surface area (Å²) in [5.74, 6) is 0. The molecule has 70 valence electrons.